The molecule has 3 rings (SSSR count). The Balaban J connectivity index is 1.81. The fourth-order valence-electron chi connectivity index (χ4n) is 2.36. The average molecular weight is 217 g/mol. The fraction of sp³-hybridized carbons (Fsp3) is 0.571. The zero-order chi connectivity index (χ0) is 11.2. The quantitative estimate of drug-likeness (QED) is 0.840. The van der Waals surface area contributed by atoms with Gasteiger partial charge in [-0.15, -0.1) is 0 Å². The Kier molecular flexibility index (Phi) is 2.21. The molecule has 2 nitrogen and oxygen atoms in total. The lowest BCUT2D eigenvalue weighted by Crippen LogP contribution is -2.25. The van der Waals surface area contributed by atoms with Crippen molar-refractivity contribution in [2.75, 3.05) is 0 Å². The van der Waals surface area contributed by atoms with E-state index in [9.17, 15) is 0 Å². The van der Waals surface area contributed by atoms with Gasteiger partial charge in [0.05, 0.1) is 0 Å². The molecule has 2 heteroatoms. The molecule has 1 fully saturated rings. The van der Waals surface area contributed by atoms with Gasteiger partial charge in [-0.1, -0.05) is 18.2 Å². The maximum atomic E-state index is 6.04. The highest BCUT2D eigenvalue weighted by molar-refractivity contribution is 5.45. The second-order valence-corrected chi connectivity index (χ2v) is 5.60. The van der Waals surface area contributed by atoms with E-state index in [1.807, 2.05) is 0 Å². The Bertz CT molecular complexity index is 407. The molecule has 0 amide bonds. The van der Waals surface area contributed by atoms with Crippen LogP contribution in [0.3, 0.4) is 0 Å². The third-order valence-corrected chi connectivity index (χ3v) is 3.33. The van der Waals surface area contributed by atoms with Crippen LogP contribution in [0.25, 0.3) is 0 Å². The summed E-state index contributed by atoms with van der Waals surface area (Å²) in [5.41, 5.74) is 2.65. The van der Waals surface area contributed by atoms with Crippen LogP contribution < -0.4 is 10.1 Å². The predicted octanol–water partition coefficient (Wildman–Crippen LogP) is 2.65. The highest BCUT2D eigenvalue weighted by atomic mass is 16.5. The molecule has 0 atom stereocenters. The normalized spacial score (nSPS) is 21.6. The Hall–Kier alpha value is -1.02. The molecule has 1 aliphatic heterocycles. The van der Waals surface area contributed by atoms with Crippen molar-refractivity contribution in [1.82, 2.24) is 5.32 Å². The number of para-hydroxylation sites is 1. The lowest BCUT2D eigenvalue weighted by molar-refractivity contribution is 0.137. The van der Waals surface area contributed by atoms with E-state index in [-0.39, 0.29) is 5.60 Å². The van der Waals surface area contributed by atoms with E-state index in [4.69, 9.17) is 4.74 Å². The molecule has 0 unspecified atom stereocenters. The molecule has 1 N–H and O–H groups in total. The summed E-state index contributed by atoms with van der Waals surface area (Å²) in [5, 5.41) is 3.55. The summed E-state index contributed by atoms with van der Waals surface area (Å²) in [6, 6.07) is 7.26. The average Bonchev–Trinajstić information content (AvgIpc) is 2.96. The molecule has 1 heterocycles. The first kappa shape index (κ1) is 10.2. The monoisotopic (exact) mass is 217 g/mol. The van der Waals surface area contributed by atoms with E-state index < -0.39 is 0 Å². The molecule has 0 radical (unpaired) electrons. The topological polar surface area (TPSA) is 21.3 Å². The van der Waals surface area contributed by atoms with Gasteiger partial charge in [-0.25, -0.2) is 0 Å². The number of nitrogens with one attached hydrogen (secondary N) is 1. The number of hydrogen-bond acceptors (Lipinski definition) is 2. The van der Waals surface area contributed by atoms with Crippen LogP contribution in [0.5, 0.6) is 5.75 Å². The van der Waals surface area contributed by atoms with E-state index >= 15 is 0 Å². The number of rotatable bonds is 3. The van der Waals surface area contributed by atoms with Crippen molar-refractivity contribution in [3.8, 4) is 5.75 Å². The maximum Gasteiger partial charge on any atom is 0.127 e. The highest BCUT2D eigenvalue weighted by Crippen LogP contribution is 2.37. The lowest BCUT2D eigenvalue weighted by atomic mass is 10.0. The Morgan fingerprint density at radius 1 is 1.38 bits per heavy atom. The summed E-state index contributed by atoms with van der Waals surface area (Å²) in [6.45, 7) is 5.26. The summed E-state index contributed by atoms with van der Waals surface area (Å²) in [5.74, 6) is 1.13. The first-order valence-electron chi connectivity index (χ1n) is 6.17. The largest absolute Gasteiger partial charge is 0.487 e. The molecule has 1 saturated carbocycles. The van der Waals surface area contributed by atoms with Crippen LogP contribution >= 0.6 is 0 Å². The molecule has 2 aliphatic rings. The Morgan fingerprint density at radius 2 is 2.19 bits per heavy atom. The van der Waals surface area contributed by atoms with Gasteiger partial charge in [-0.05, 0) is 32.3 Å². The molecule has 1 aromatic rings. The van der Waals surface area contributed by atoms with Crippen LogP contribution in [0.4, 0.5) is 0 Å². The smallest absolute Gasteiger partial charge is 0.127 e. The van der Waals surface area contributed by atoms with E-state index in [1.165, 1.54) is 24.0 Å². The summed E-state index contributed by atoms with van der Waals surface area (Å²) < 4.78 is 6.04. The van der Waals surface area contributed by atoms with Gasteiger partial charge in [0.25, 0.3) is 0 Å². The predicted molar refractivity (Wildman–Crippen MR) is 64.7 cm³/mol. The van der Waals surface area contributed by atoms with Gasteiger partial charge in [0.2, 0.25) is 0 Å². The van der Waals surface area contributed by atoms with Crippen LogP contribution in [0.15, 0.2) is 18.2 Å². The molecule has 0 bridgehead atoms. The molecular weight excluding hydrogens is 198 g/mol. The highest BCUT2D eigenvalue weighted by Gasteiger charge is 2.31. The van der Waals surface area contributed by atoms with Crippen LogP contribution in [-0.2, 0) is 13.0 Å². The summed E-state index contributed by atoms with van der Waals surface area (Å²) >= 11 is 0. The Labute approximate surface area is 97.0 Å². The van der Waals surface area contributed by atoms with Gasteiger partial charge in [-0.2, -0.15) is 0 Å². The van der Waals surface area contributed by atoms with Gasteiger partial charge in [0, 0.05) is 24.6 Å². The minimum absolute atomic E-state index is 0.0297. The van der Waals surface area contributed by atoms with Crippen molar-refractivity contribution in [3.63, 3.8) is 0 Å². The zero-order valence-electron chi connectivity index (χ0n) is 10.0. The van der Waals surface area contributed by atoms with E-state index in [2.05, 4.69) is 37.4 Å². The van der Waals surface area contributed by atoms with Crippen molar-refractivity contribution in [3.05, 3.63) is 29.3 Å². The molecule has 1 aliphatic carbocycles. The first-order chi connectivity index (χ1) is 7.64. The third kappa shape index (κ3) is 1.94. The van der Waals surface area contributed by atoms with Crippen molar-refractivity contribution >= 4 is 0 Å². The van der Waals surface area contributed by atoms with Crippen molar-refractivity contribution < 1.29 is 4.74 Å². The molecular formula is C14H19NO. The van der Waals surface area contributed by atoms with E-state index in [0.717, 1.165) is 24.8 Å². The minimum Gasteiger partial charge on any atom is -0.487 e. The fourth-order valence-corrected chi connectivity index (χ4v) is 2.36. The van der Waals surface area contributed by atoms with Crippen LogP contribution in [0.1, 0.15) is 37.8 Å². The van der Waals surface area contributed by atoms with Crippen molar-refractivity contribution in [2.45, 2.75) is 51.3 Å². The lowest BCUT2D eigenvalue weighted by Gasteiger charge is -2.18. The molecule has 86 valence electrons. The van der Waals surface area contributed by atoms with Gasteiger partial charge in [0.1, 0.15) is 11.4 Å². The van der Waals surface area contributed by atoms with E-state index in [1.54, 1.807) is 0 Å². The van der Waals surface area contributed by atoms with Crippen LogP contribution in [0.2, 0.25) is 0 Å². The van der Waals surface area contributed by atoms with Crippen molar-refractivity contribution in [2.24, 2.45) is 0 Å². The number of fused-ring (bicyclic) bond motifs is 1. The third-order valence-electron chi connectivity index (χ3n) is 3.33. The number of hydrogen-bond donors (Lipinski definition) is 1. The SMILES string of the molecule is CC1(C)Cc2cccc(CNC3CC3)c2O1. The second kappa shape index (κ2) is 3.49. The van der Waals surface area contributed by atoms with Crippen molar-refractivity contribution in [1.29, 1.82) is 0 Å². The molecule has 16 heavy (non-hydrogen) atoms. The number of ether oxygens (including phenoxy) is 1. The van der Waals surface area contributed by atoms with Gasteiger partial charge >= 0.3 is 0 Å². The molecule has 0 saturated heterocycles. The van der Waals surface area contributed by atoms with Gasteiger partial charge in [0.15, 0.2) is 0 Å². The minimum atomic E-state index is -0.0297. The van der Waals surface area contributed by atoms with Crippen LogP contribution in [-0.4, -0.2) is 11.6 Å². The summed E-state index contributed by atoms with van der Waals surface area (Å²) in [6.07, 6.45) is 3.70. The van der Waals surface area contributed by atoms with Gasteiger partial charge < -0.3 is 10.1 Å². The van der Waals surface area contributed by atoms with Gasteiger partial charge in [-0.3, -0.25) is 0 Å². The molecule has 1 aromatic carbocycles. The standard InChI is InChI=1S/C14H19NO/c1-14(2)8-10-4-3-5-11(13(10)16-14)9-15-12-6-7-12/h3-5,12,15H,6-9H2,1-2H3. The van der Waals surface area contributed by atoms with E-state index in [0.29, 0.717) is 0 Å². The maximum absolute atomic E-state index is 6.04. The molecule has 0 spiro atoms. The first-order valence-corrected chi connectivity index (χ1v) is 6.17. The Morgan fingerprint density at radius 3 is 2.94 bits per heavy atom. The number of benzene rings is 1. The summed E-state index contributed by atoms with van der Waals surface area (Å²) in [7, 11) is 0. The zero-order valence-corrected chi connectivity index (χ0v) is 10.0. The van der Waals surface area contributed by atoms with Crippen LogP contribution in [0, 0.1) is 0 Å². The second-order valence-electron chi connectivity index (χ2n) is 5.60. The molecule has 0 aromatic heterocycles. The summed E-state index contributed by atoms with van der Waals surface area (Å²) in [4.78, 5) is 0.